The Bertz CT molecular complexity index is 581. The molecule has 2 heterocycles. The maximum Gasteiger partial charge on any atom is 0.145 e. The lowest BCUT2D eigenvalue weighted by Gasteiger charge is -2.15. The van der Waals surface area contributed by atoms with Crippen LogP contribution in [0.15, 0.2) is 24.3 Å². The van der Waals surface area contributed by atoms with Gasteiger partial charge in [0, 0.05) is 11.9 Å². The highest BCUT2D eigenvalue weighted by Crippen LogP contribution is 2.21. The average Bonchev–Trinajstić information content (AvgIpc) is 2.97. The van der Waals surface area contributed by atoms with Crippen molar-refractivity contribution >= 4 is 16.7 Å². The van der Waals surface area contributed by atoms with E-state index in [-0.39, 0.29) is 6.61 Å². The number of aliphatic hydroxyl groups excluding tert-OH is 1. The number of likely N-dealkylation sites (tertiary alicyclic amines) is 1. The summed E-state index contributed by atoms with van der Waals surface area (Å²) in [6, 6.07) is 7.99. The van der Waals surface area contributed by atoms with Crippen molar-refractivity contribution in [3.8, 4) is 0 Å². The summed E-state index contributed by atoms with van der Waals surface area (Å²) in [5.74, 6) is 1.67. The van der Waals surface area contributed by atoms with Crippen LogP contribution in [0.5, 0.6) is 0 Å². The zero-order chi connectivity index (χ0) is 13.8. The van der Waals surface area contributed by atoms with Gasteiger partial charge in [-0.05, 0) is 38.1 Å². The van der Waals surface area contributed by atoms with Crippen LogP contribution < -0.4 is 5.32 Å². The monoisotopic (exact) mass is 272 g/mol. The van der Waals surface area contributed by atoms with Gasteiger partial charge in [0.15, 0.2) is 0 Å². The largest absolute Gasteiger partial charge is 0.395 e. The van der Waals surface area contributed by atoms with E-state index in [2.05, 4.69) is 20.2 Å². The van der Waals surface area contributed by atoms with E-state index in [9.17, 15) is 0 Å². The second-order valence-corrected chi connectivity index (χ2v) is 5.14. The van der Waals surface area contributed by atoms with Crippen LogP contribution in [0, 0.1) is 0 Å². The van der Waals surface area contributed by atoms with E-state index in [4.69, 9.17) is 5.11 Å². The Hall–Kier alpha value is -1.72. The number of aromatic nitrogens is 2. The van der Waals surface area contributed by atoms with E-state index in [1.165, 1.54) is 12.8 Å². The molecule has 1 aliphatic rings. The molecule has 0 bridgehead atoms. The number of nitrogens with zero attached hydrogens (tertiary/aromatic N) is 3. The second-order valence-electron chi connectivity index (χ2n) is 5.14. The number of hydrogen-bond donors (Lipinski definition) is 2. The van der Waals surface area contributed by atoms with Gasteiger partial charge in [-0.15, -0.1) is 0 Å². The SMILES string of the molecule is OCCNc1nc(CN2CCCC2)nc2ccccc12. The molecule has 0 spiro atoms. The van der Waals surface area contributed by atoms with Crippen molar-refractivity contribution in [1.82, 2.24) is 14.9 Å². The Morgan fingerprint density at radius 2 is 1.95 bits per heavy atom. The van der Waals surface area contributed by atoms with E-state index in [1.54, 1.807) is 0 Å². The van der Waals surface area contributed by atoms with E-state index >= 15 is 0 Å². The van der Waals surface area contributed by atoms with Crippen LogP contribution in [0.1, 0.15) is 18.7 Å². The fourth-order valence-electron chi connectivity index (χ4n) is 2.65. The molecular weight excluding hydrogens is 252 g/mol. The molecule has 1 saturated heterocycles. The summed E-state index contributed by atoms with van der Waals surface area (Å²) in [5.41, 5.74) is 0.956. The van der Waals surface area contributed by atoms with Crippen LogP contribution in [0.2, 0.25) is 0 Å². The normalized spacial score (nSPS) is 15.8. The molecule has 2 N–H and O–H groups in total. The van der Waals surface area contributed by atoms with Gasteiger partial charge in [0.05, 0.1) is 18.7 Å². The number of aliphatic hydroxyl groups is 1. The number of anilines is 1. The van der Waals surface area contributed by atoms with Gasteiger partial charge in [0.2, 0.25) is 0 Å². The molecule has 0 amide bonds. The van der Waals surface area contributed by atoms with Crippen molar-refractivity contribution in [3.05, 3.63) is 30.1 Å². The first kappa shape index (κ1) is 13.3. The summed E-state index contributed by atoms with van der Waals surface area (Å²) < 4.78 is 0. The van der Waals surface area contributed by atoms with Gasteiger partial charge in [-0.25, -0.2) is 9.97 Å². The first-order chi connectivity index (χ1) is 9.86. The van der Waals surface area contributed by atoms with Crippen molar-refractivity contribution in [2.45, 2.75) is 19.4 Å². The molecule has 0 unspecified atom stereocenters. The fraction of sp³-hybridized carbons (Fsp3) is 0.467. The quantitative estimate of drug-likeness (QED) is 0.866. The van der Waals surface area contributed by atoms with Crippen molar-refractivity contribution in [2.75, 3.05) is 31.6 Å². The lowest BCUT2D eigenvalue weighted by atomic mass is 10.2. The predicted molar refractivity (Wildman–Crippen MR) is 79.6 cm³/mol. The van der Waals surface area contributed by atoms with Crippen molar-refractivity contribution in [1.29, 1.82) is 0 Å². The molecule has 106 valence electrons. The molecule has 1 aliphatic heterocycles. The first-order valence-corrected chi connectivity index (χ1v) is 7.19. The minimum atomic E-state index is 0.0970. The Balaban J connectivity index is 1.91. The van der Waals surface area contributed by atoms with Crippen LogP contribution in [-0.2, 0) is 6.54 Å². The molecule has 3 rings (SSSR count). The smallest absolute Gasteiger partial charge is 0.145 e. The number of nitrogens with one attached hydrogen (secondary N) is 1. The molecular formula is C15H20N4O. The summed E-state index contributed by atoms with van der Waals surface area (Å²) in [6.07, 6.45) is 2.53. The molecule has 1 fully saturated rings. The summed E-state index contributed by atoms with van der Waals surface area (Å²) in [7, 11) is 0. The van der Waals surface area contributed by atoms with Crippen LogP contribution in [0.4, 0.5) is 5.82 Å². The second kappa shape index (κ2) is 6.15. The van der Waals surface area contributed by atoms with Gasteiger partial charge in [-0.3, -0.25) is 4.90 Å². The predicted octanol–water partition coefficient (Wildman–Crippen LogP) is 1.63. The zero-order valence-corrected chi connectivity index (χ0v) is 11.5. The van der Waals surface area contributed by atoms with Gasteiger partial charge in [0.1, 0.15) is 11.6 Å². The maximum atomic E-state index is 8.98. The van der Waals surface area contributed by atoms with Gasteiger partial charge in [0.25, 0.3) is 0 Å². The highest BCUT2D eigenvalue weighted by atomic mass is 16.3. The lowest BCUT2D eigenvalue weighted by molar-refractivity contribution is 0.310. The number of fused-ring (bicyclic) bond motifs is 1. The summed E-state index contributed by atoms with van der Waals surface area (Å²) in [4.78, 5) is 11.7. The number of rotatable bonds is 5. The number of benzene rings is 1. The molecule has 1 aromatic heterocycles. The summed E-state index contributed by atoms with van der Waals surface area (Å²) in [5, 5.41) is 13.2. The van der Waals surface area contributed by atoms with Crippen LogP contribution in [0.3, 0.4) is 0 Å². The summed E-state index contributed by atoms with van der Waals surface area (Å²) in [6.45, 7) is 3.67. The first-order valence-electron chi connectivity index (χ1n) is 7.19. The van der Waals surface area contributed by atoms with E-state index in [0.717, 1.165) is 42.2 Å². The number of hydrogen-bond acceptors (Lipinski definition) is 5. The van der Waals surface area contributed by atoms with Crippen molar-refractivity contribution in [3.63, 3.8) is 0 Å². The molecule has 0 saturated carbocycles. The third-order valence-corrected chi connectivity index (χ3v) is 3.62. The summed E-state index contributed by atoms with van der Waals surface area (Å²) >= 11 is 0. The van der Waals surface area contributed by atoms with Gasteiger partial charge < -0.3 is 10.4 Å². The molecule has 0 radical (unpaired) electrons. The van der Waals surface area contributed by atoms with Gasteiger partial charge >= 0.3 is 0 Å². The average molecular weight is 272 g/mol. The minimum Gasteiger partial charge on any atom is -0.395 e. The van der Waals surface area contributed by atoms with Crippen LogP contribution in [0.25, 0.3) is 10.9 Å². The molecule has 2 aromatic rings. The van der Waals surface area contributed by atoms with E-state index < -0.39 is 0 Å². The zero-order valence-electron chi connectivity index (χ0n) is 11.5. The highest BCUT2D eigenvalue weighted by molar-refractivity contribution is 5.88. The minimum absolute atomic E-state index is 0.0970. The third-order valence-electron chi connectivity index (χ3n) is 3.62. The molecule has 0 atom stereocenters. The topological polar surface area (TPSA) is 61.3 Å². The molecule has 20 heavy (non-hydrogen) atoms. The molecule has 1 aromatic carbocycles. The Morgan fingerprint density at radius 3 is 2.75 bits per heavy atom. The van der Waals surface area contributed by atoms with E-state index in [1.807, 2.05) is 24.3 Å². The van der Waals surface area contributed by atoms with Gasteiger partial charge in [-0.2, -0.15) is 0 Å². The van der Waals surface area contributed by atoms with Crippen LogP contribution in [-0.4, -0.2) is 46.2 Å². The van der Waals surface area contributed by atoms with Crippen LogP contribution >= 0.6 is 0 Å². The number of para-hydroxylation sites is 1. The standard InChI is InChI=1S/C15H20N4O/c20-10-7-16-15-12-5-1-2-6-13(12)17-14(18-15)11-19-8-3-4-9-19/h1-2,5-6,20H,3-4,7-11H2,(H,16,17,18). The third kappa shape index (κ3) is 2.89. The Morgan fingerprint density at radius 1 is 1.15 bits per heavy atom. The Labute approximate surface area is 118 Å². The van der Waals surface area contributed by atoms with Gasteiger partial charge in [-0.1, -0.05) is 12.1 Å². The van der Waals surface area contributed by atoms with Crippen molar-refractivity contribution < 1.29 is 5.11 Å². The highest BCUT2D eigenvalue weighted by Gasteiger charge is 2.14. The van der Waals surface area contributed by atoms with E-state index in [0.29, 0.717) is 6.54 Å². The lowest BCUT2D eigenvalue weighted by Crippen LogP contribution is -2.20. The fourth-order valence-corrected chi connectivity index (χ4v) is 2.65. The molecule has 0 aliphatic carbocycles. The molecule has 5 nitrogen and oxygen atoms in total. The molecule has 5 heteroatoms. The maximum absolute atomic E-state index is 8.98. The Kier molecular flexibility index (Phi) is 4.08. The van der Waals surface area contributed by atoms with Crippen molar-refractivity contribution in [2.24, 2.45) is 0 Å².